The molecular formula is C7H8BO. The number of hydrogen-bond donors (Lipinski definition) is 0. The molecule has 0 aliphatic carbocycles. The summed E-state index contributed by atoms with van der Waals surface area (Å²) in [4.78, 5) is 0. The van der Waals surface area contributed by atoms with E-state index in [2.05, 4.69) is 6.92 Å². The minimum absolute atomic E-state index is 0.845. The summed E-state index contributed by atoms with van der Waals surface area (Å²) < 4.78 is 4.98. The lowest BCUT2D eigenvalue weighted by Crippen LogP contribution is -1.86. The molecule has 1 radical (unpaired) electrons. The molecule has 0 heterocycles. The van der Waals surface area contributed by atoms with Crippen molar-refractivity contribution in [2.45, 2.75) is 0 Å². The highest BCUT2D eigenvalue weighted by atomic mass is 16.4. The Hall–Kier alpha value is -0.915. The van der Waals surface area contributed by atoms with Crippen LogP contribution in [0.15, 0.2) is 24.3 Å². The average molecular weight is 119 g/mol. The molecule has 0 amide bonds. The van der Waals surface area contributed by atoms with E-state index < -0.39 is 0 Å². The third kappa shape index (κ3) is 1.25. The normalized spacial score (nSPS) is 9.00. The van der Waals surface area contributed by atoms with Gasteiger partial charge in [0.2, 0.25) is 0 Å². The fourth-order valence-corrected chi connectivity index (χ4v) is 0.703. The van der Waals surface area contributed by atoms with Crippen LogP contribution in [0.3, 0.4) is 0 Å². The molecule has 0 saturated carbocycles. The lowest BCUT2D eigenvalue weighted by atomic mass is 10.2. The molecule has 0 aliphatic rings. The van der Waals surface area contributed by atoms with E-state index in [0.717, 1.165) is 11.3 Å². The molecule has 0 aromatic heterocycles. The maximum absolute atomic E-state index is 4.98. The highest BCUT2D eigenvalue weighted by Gasteiger charge is 1.90. The first-order chi connectivity index (χ1) is 4.34. The van der Waals surface area contributed by atoms with Crippen LogP contribution in [0.2, 0.25) is 0 Å². The Morgan fingerprint density at radius 1 is 1.33 bits per heavy atom. The van der Waals surface area contributed by atoms with E-state index in [1.54, 1.807) is 8.05 Å². The van der Waals surface area contributed by atoms with Crippen molar-refractivity contribution in [2.24, 2.45) is 0 Å². The van der Waals surface area contributed by atoms with Crippen LogP contribution in [0, 0.1) is 6.92 Å². The predicted molar refractivity (Wildman–Crippen MR) is 40.1 cm³/mol. The zero-order chi connectivity index (χ0) is 6.69. The molecule has 0 saturated heterocycles. The molecule has 1 nitrogen and oxygen atoms in total. The summed E-state index contributed by atoms with van der Waals surface area (Å²) in [5.41, 5.74) is 0.931. The number of benzene rings is 1. The van der Waals surface area contributed by atoms with Gasteiger partial charge in [0.1, 0.15) is 5.75 Å². The maximum Gasteiger partial charge on any atom is 0.322 e. The van der Waals surface area contributed by atoms with E-state index in [0.29, 0.717) is 0 Å². The van der Waals surface area contributed by atoms with Gasteiger partial charge in [-0.05, 0) is 18.6 Å². The van der Waals surface area contributed by atoms with Crippen LogP contribution in [0.1, 0.15) is 5.56 Å². The molecule has 0 bridgehead atoms. The van der Waals surface area contributed by atoms with Gasteiger partial charge in [-0.3, -0.25) is 0 Å². The number of rotatable bonds is 1. The predicted octanol–water partition coefficient (Wildman–Crippen LogP) is 0.796. The molecule has 45 valence electrons. The van der Waals surface area contributed by atoms with Crippen LogP contribution >= 0.6 is 0 Å². The minimum Gasteiger partial charge on any atom is -0.568 e. The van der Waals surface area contributed by atoms with E-state index in [9.17, 15) is 0 Å². The average Bonchev–Trinajstić information content (AvgIpc) is 1.89. The zero-order valence-electron chi connectivity index (χ0n) is 5.42. The summed E-state index contributed by atoms with van der Waals surface area (Å²) in [6.45, 7) is 3.77. The van der Waals surface area contributed by atoms with Crippen molar-refractivity contribution in [1.82, 2.24) is 0 Å². The molecule has 0 fully saturated rings. The molecule has 1 rings (SSSR count). The summed E-state index contributed by atoms with van der Waals surface area (Å²) in [5.74, 6) is 0.845. The standard InChI is InChI=1S/C7H8BO/c1-6-4-2-3-5-7(6)9-8/h2-5H,1,8H2. The Morgan fingerprint density at radius 2 is 2.00 bits per heavy atom. The van der Waals surface area contributed by atoms with Gasteiger partial charge in [0, 0.05) is 0 Å². The summed E-state index contributed by atoms with van der Waals surface area (Å²) in [6.07, 6.45) is 0. The molecule has 9 heavy (non-hydrogen) atoms. The second kappa shape index (κ2) is 2.58. The topological polar surface area (TPSA) is 9.23 Å². The third-order valence-electron chi connectivity index (χ3n) is 1.19. The van der Waals surface area contributed by atoms with Gasteiger partial charge in [0.15, 0.2) is 0 Å². The molecule has 0 aliphatic heterocycles. The van der Waals surface area contributed by atoms with Gasteiger partial charge in [-0.2, -0.15) is 0 Å². The van der Waals surface area contributed by atoms with E-state index in [4.69, 9.17) is 4.65 Å². The Labute approximate surface area is 56.1 Å². The van der Waals surface area contributed by atoms with Gasteiger partial charge >= 0.3 is 8.05 Å². The molecular weight excluding hydrogens is 111 g/mol. The fraction of sp³-hybridized carbons (Fsp3) is 0. The van der Waals surface area contributed by atoms with Crippen molar-refractivity contribution in [3.8, 4) is 5.75 Å². The van der Waals surface area contributed by atoms with Crippen molar-refractivity contribution < 1.29 is 4.65 Å². The van der Waals surface area contributed by atoms with Crippen LogP contribution in [0.5, 0.6) is 5.75 Å². The van der Waals surface area contributed by atoms with Gasteiger partial charge in [-0.1, -0.05) is 18.2 Å². The molecule has 0 atom stereocenters. The molecule has 0 spiro atoms. The van der Waals surface area contributed by atoms with E-state index in [-0.39, 0.29) is 0 Å². The maximum atomic E-state index is 4.98. The van der Waals surface area contributed by atoms with Gasteiger partial charge in [0.05, 0.1) is 0 Å². The lowest BCUT2D eigenvalue weighted by molar-refractivity contribution is 0.613. The quantitative estimate of drug-likeness (QED) is 0.496. The van der Waals surface area contributed by atoms with Crippen molar-refractivity contribution in [1.29, 1.82) is 0 Å². The summed E-state index contributed by atoms with van der Waals surface area (Å²) in [7, 11) is 1.64. The van der Waals surface area contributed by atoms with E-state index >= 15 is 0 Å². The van der Waals surface area contributed by atoms with Crippen molar-refractivity contribution in [2.75, 3.05) is 0 Å². The van der Waals surface area contributed by atoms with E-state index in [1.165, 1.54) is 0 Å². The first-order valence-electron chi connectivity index (χ1n) is 2.79. The molecule has 0 unspecified atom stereocenters. The van der Waals surface area contributed by atoms with Crippen LogP contribution in [-0.4, -0.2) is 8.05 Å². The van der Waals surface area contributed by atoms with Crippen LogP contribution in [0.25, 0.3) is 0 Å². The SMILES string of the molecule is BOc1ccccc1[CH2]. The monoisotopic (exact) mass is 119 g/mol. The Bertz CT molecular complexity index is 198. The van der Waals surface area contributed by atoms with Gasteiger partial charge in [-0.25, -0.2) is 0 Å². The fourth-order valence-electron chi connectivity index (χ4n) is 0.703. The summed E-state index contributed by atoms with van der Waals surface area (Å²) in [5, 5.41) is 0. The van der Waals surface area contributed by atoms with Crippen LogP contribution in [0.4, 0.5) is 0 Å². The van der Waals surface area contributed by atoms with Crippen LogP contribution in [-0.2, 0) is 0 Å². The van der Waals surface area contributed by atoms with Crippen molar-refractivity contribution in [3.63, 3.8) is 0 Å². The molecule has 0 N–H and O–H groups in total. The largest absolute Gasteiger partial charge is 0.568 e. The first-order valence-corrected chi connectivity index (χ1v) is 2.79. The van der Waals surface area contributed by atoms with Crippen molar-refractivity contribution in [3.05, 3.63) is 36.8 Å². The van der Waals surface area contributed by atoms with E-state index in [1.807, 2.05) is 24.3 Å². The second-order valence-electron chi connectivity index (χ2n) is 1.81. The Kier molecular flexibility index (Phi) is 1.78. The Balaban J connectivity index is 3.01. The summed E-state index contributed by atoms with van der Waals surface area (Å²) >= 11 is 0. The molecule has 1 aromatic carbocycles. The van der Waals surface area contributed by atoms with Crippen LogP contribution < -0.4 is 4.65 Å². The first kappa shape index (κ1) is 6.21. The highest BCUT2D eigenvalue weighted by Crippen LogP contribution is 2.14. The number of para-hydroxylation sites is 1. The van der Waals surface area contributed by atoms with Gasteiger partial charge < -0.3 is 4.65 Å². The molecule has 2 heteroatoms. The minimum atomic E-state index is 0.845. The smallest absolute Gasteiger partial charge is 0.322 e. The molecule has 1 aromatic rings. The summed E-state index contributed by atoms with van der Waals surface area (Å²) in [6, 6.07) is 7.67. The number of hydrogen-bond acceptors (Lipinski definition) is 1. The second-order valence-corrected chi connectivity index (χ2v) is 1.81. The lowest BCUT2D eigenvalue weighted by Gasteiger charge is -2.01. The Morgan fingerprint density at radius 3 is 2.44 bits per heavy atom. The third-order valence-corrected chi connectivity index (χ3v) is 1.19. The zero-order valence-corrected chi connectivity index (χ0v) is 5.42. The van der Waals surface area contributed by atoms with Crippen molar-refractivity contribution >= 4 is 8.05 Å². The van der Waals surface area contributed by atoms with Gasteiger partial charge in [0.25, 0.3) is 0 Å². The van der Waals surface area contributed by atoms with Gasteiger partial charge in [-0.15, -0.1) is 0 Å². The highest BCUT2D eigenvalue weighted by molar-refractivity contribution is 6.00.